The number of carbonyl (C=O) groups is 1. The van der Waals surface area contributed by atoms with Crippen molar-refractivity contribution in [3.8, 4) is 17.1 Å². The highest BCUT2D eigenvalue weighted by Crippen LogP contribution is 2.26. The molecule has 0 fully saturated rings. The van der Waals surface area contributed by atoms with Crippen molar-refractivity contribution in [1.82, 2.24) is 0 Å². The summed E-state index contributed by atoms with van der Waals surface area (Å²) >= 11 is 0. The Morgan fingerprint density at radius 1 is 1.11 bits per heavy atom. The van der Waals surface area contributed by atoms with Crippen molar-refractivity contribution in [2.45, 2.75) is 6.61 Å². The number of ketones is 1. The number of rotatable bonds is 7. The molecule has 1 aromatic heterocycles. The van der Waals surface area contributed by atoms with Crippen LogP contribution >= 0.6 is 0 Å². The topological polar surface area (TPSA) is 82.6 Å². The third-order valence-corrected chi connectivity index (χ3v) is 3.73. The summed E-state index contributed by atoms with van der Waals surface area (Å²) < 4.78 is 34.1. The summed E-state index contributed by atoms with van der Waals surface area (Å²) in [4.78, 5) is 22.5. The van der Waals surface area contributed by atoms with Crippen LogP contribution in [0.1, 0.15) is 16.1 Å². The number of hydrogen-bond acceptors (Lipinski definition) is 5. The van der Waals surface area contributed by atoms with Crippen molar-refractivity contribution in [3.05, 3.63) is 88.2 Å². The number of nitro benzene ring substituents is 1. The van der Waals surface area contributed by atoms with E-state index in [2.05, 4.69) is 4.74 Å². The minimum atomic E-state index is -2.93. The molecule has 0 aliphatic heterocycles. The normalized spacial score (nSPS) is 11.1. The number of allylic oxidation sites excluding steroid dienone is 1. The van der Waals surface area contributed by atoms with Crippen LogP contribution < -0.4 is 4.74 Å². The molecule has 0 amide bonds. The number of hydrogen-bond donors (Lipinski definition) is 0. The largest absolute Gasteiger partial charge is 0.457 e. The molecule has 6 nitrogen and oxygen atoms in total. The predicted octanol–water partition coefficient (Wildman–Crippen LogP) is 5.35. The minimum absolute atomic E-state index is 0.0387. The van der Waals surface area contributed by atoms with E-state index in [1.54, 1.807) is 24.3 Å². The predicted molar refractivity (Wildman–Crippen MR) is 97.2 cm³/mol. The van der Waals surface area contributed by atoms with Gasteiger partial charge >= 0.3 is 6.61 Å². The first-order valence-electron chi connectivity index (χ1n) is 8.04. The molecule has 0 radical (unpaired) electrons. The van der Waals surface area contributed by atoms with Crippen molar-refractivity contribution < 1.29 is 27.7 Å². The van der Waals surface area contributed by atoms with Crippen molar-refractivity contribution in [1.29, 1.82) is 0 Å². The lowest BCUT2D eigenvalue weighted by Crippen LogP contribution is -2.02. The molecule has 2 aromatic carbocycles. The maximum Gasteiger partial charge on any atom is 0.387 e. The number of ether oxygens (including phenoxy) is 1. The molecule has 0 N–H and O–H groups in total. The van der Waals surface area contributed by atoms with Crippen LogP contribution in [-0.2, 0) is 0 Å². The second-order valence-corrected chi connectivity index (χ2v) is 5.61. The van der Waals surface area contributed by atoms with Gasteiger partial charge in [-0.15, -0.1) is 0 Å². The quantitative estimate of drug-likeness (QED) is 0.237. The van der Waals surface area contributed by atoms with Gasteiger partial charge in [-0.2, -0.15) is 8.78 Å². The number of furan rings is 1. The fourth-order valence-corrected chi connectivity index (χ4v) is 2.42. The standard InChI is InChI=1S/C20H13F2NO5/c21-20(22)28-17-6-4-13(5-7-17)18(24)10-8-16-9-11-19(27-16)14-2-1-3-15(12-14)23(25)26/h1-12,20H. The molecule has 0 aliphatic carbocycles. The molecule has 0 aliphatic rings. The highest BCUT2D eigenvalue weighted by Gasteiger charge is 2.10. The van der Waals surface area contributed by atoms with E-state index in [0.717, 1.165) is 0 Å². The van der Waals surface area contributed by atoms with Crippen molar-refractivity contribution in [2.75, 3.05) is 0 Å². The van der Waals surface area contributed by atoms with Crippen LogP contribution in [0, 0.1) is 10.1 Å². The third-order valence-electron chi connectivity index (χ3n) is 3.73. The summed E-state index contributed by atoms with van der Waals surface area (Å²) in [6.07, 6.45) is 2.73. The maximum atomic E-state index is 12.2. The molecule has 142 valence electrons. The van der Waals surface area contributed by atoms with Crippen molar-refractivity contribution >= 4 is 17.5 Å². The van der Waals surface area contributed by atoms with Crippen LogP contribution in [0.2, 0.25) is 0 Å². The second kappa shape index (κ2) is 8.26. The van der Waals surface area contributed by atoms with E-state index in [1.165, 1.54) is 48.6 Å². The van der Waals surface area contributed by atoms with Gasteiger partial charge in [0, 0.05) is 23.3 Å². The molecule has 0 unspecified atom stereocenters. The van der Waals surface area contributed by atoms with Gasteiger partial charge in [-0.05, 0) is 48.6 Å². The first-order valence-corrected chi connectivity index (χ1v) is 8.04. The van der Waals surface area contributed by atoms with E-state index in [-0.39, 0.29) is 17.2 Å². The molecule has 0 saturated heterocycles. The van der Waals surface area contributed by atoms with Gasteiger partial charge < -0.3 is 9.15 Å². The minimum Gasteiger partial charge on any atom is -0.457 e. The molecular formula is C20H13F2NO5. The fourth-order valence-electron chi connectivity index (χ4n) is 2.42. The van der Waals surface area contributed by atoms with Crippen molar-refractivity contribution in [2.24, 2.45) is 0 Å². The van der Waals surface area contributed by atoms with Gasteiger partial charge in [0.2, 0.25) is 0 Å². The lowest BCUT2D eigenvalue weighted by atomic mass is 10.1. The Balaban J connectivity index is 1.70. The number of non-ortho nitro benzene ring substituents is 1. The van der Waals surface area contributed by atoms with E-state index < -0.39 is 11.5 Å². The van der Waals surface area contributed by atoms with Crippen LogP contribution in [0.5, 0.6) is 5.75 Å². The fraction of sp³-hybridized carbons (Fsp3) is 0.0500. The number of nitro groups is 1. The lowest BCUT2D eigenvalue weighted by Gasteiger charge is -2.04. The third kappa shape index (κ3) is 4.67. The second-order valence-electron chi connectivity index (χ2n) is 5.61. The molecule has 28 heavy (non-hydrogen) atoms. The summed E-state index contributed by atoms with van der Waals surface area (Å²) in [6.45, 7) is -2.93. The van der Waals surface area contributed by atoms with E-state index in [9.17, 15) is 23.7 Å². The average Bonchev–Trinajstić information content (AvgIpc) is 3.15. The van der Waals surface area contributed by atoms with E-state index >= 15 is 0 Å². The number of halogens is 2. The van der Waals surface area contributed by atoms with Gasteiger partial charge in [-0.1, -0.05) is 12.1 Å². The Labute approximate surface area is 157 Å². The number of carbonyl (C=O) groups excluding carboxylic acids is 1. The monoisotopic (exact) mass is 385 g/mol. The molecule has 0 bridgehead atoms. The molecule has 3 rings (SSSR count). The van der Waals surface area contributed by atoms with E-state index in [1.807, 2.05) is 0 Å². The molecule has 0 atom stereocenters. The zero-order chi connectivity index (χ0) is 20.1. The maximum absolute atomic E-state index is 12.2. The first kappa shape index (κ1) is 19.0. The van der Waals surface area contributed by atoms with Gasteiger partial charge in [-0.3, -0.25) is 14.9 Å². The van der Waals surface area contributed by atoms with E-state index in [4.69, 9.17) is 4.42 Å². The van der Waals surface area contributed by atoms with Crippen molar-refractivity contribution in [3.63, 3.8) is 0 Å². The Bertz CT molecular complexity index is 1030. The van der Waals surface area contributed by atoms with Crippen LogP contribution in [-0.4, -0.2) is 17.3 Å². The Kier molecular flexibility index (Phi) is 5.59. The van der Waals surface area contributed by atoms with Crippen LogP contribution in [0.25, 0.3) is 17.4 Å². The van der Waals surface area contributed by atoms with E-state index in [0.29, 0.717) is 22.6 Å². The summed E-state index contributed by atoms with van der Waals surface area (Å²) in [6, 6.07) is 14.6. The molecule has 0 saturated carbocycles. The zero-order valence-corrected chi connectivity index (χ0v) is 14.2. The zero-order valence-electron chi connectivity index (χ0n) is 14.2. The van der Waals surface area contributed by atoms with Gasteiger partial charge in [0.25, 0.3) is 5.69 Å². The number of nitrogens with zero attached hydrogens (tertiary/aromatic N) is 1. The Hall–Kier alpha value is -3.81. The van der Waals surface area contributed by atoms with Crippen LogP contribution in [0.15, 0.2) is 71.2 Å². The Morgan fingerprint density at radius 3 is 2.54 bits per heavy atom. The van der Waals surface area contributed by atoms with Gasteiger partial charge in [0.05, 0.1) is 4.92 Å². The first-order chi connectivity index (χ1) is 13.4. The summed E-state index contributed by atoms with van der Waals surface area (Å²) in [5, 5.41) is 10.9. The SMILES string of the molecule is O=C(C=Cc1ccc(-c2cccc([N+](=O)[O-])c2)o1)c1ccc(OC(F)F)cc1. The molecule has 0 spiro atoms. The van der Waals surface area contributed by atoms with Gasteiger partial charge in [0.1, 0.15) is 17.3 Å². The van der Waals surface area contributed by atoms with Gasteiger partial charge in [-0.25, -0.2) is 0 Å². The molecular weight excluding hydrogens is 372 g/mol. The number of alkyl halides is 2. The number of benzene rings is 2. The lowest BCUT2D eigenvalue weighted by molar-refractivity contribution is -0.384. The summed E-state index contributed by atoms with van der Waals surface area (Å²) in [7, 11) is 0. The highest BCUT2D eigenvalue weighted by atomic mass is 19.3. The molecule has 1 heterocycles. The van der Waals surface area contributed by atoms with Crippen LogP contribution in [0.4, 0.5) is 14.5 Å². The Morgan fingerprint density at radius 2 is 1.86 bits per heavy atom. The molecule has 8 heteroatoms. The van der Waals surface area contributed by atoms with Crippen LogP contribution in [0.3, 0.4) is 0 Å². The summed E-state index contributed by atoms with van der Waals surface area (Å²) in [5.74, 6) is 0.414. The highest BCUT2D eigenvalue weighted by molar-refractivity contribution is 6.06. The smallest absolute Gasteiger partial charge is 0.387 e. The molecule has 3 aromatic rings. The average molecular weight is 385 g/mol. The van der Waals surface area contributed by atoms with Gasteiger partial charge in [0.15, 0.2) is 5.78 Å². The summed E-state index contributed by atoms with van der Waals surface area (Å²) in [5.41, 5.74) is 0.776.